The maximum Gasteiger partial charge on any atom is 0.171 e. The standard InChI is InChI=1S/C11H11N3S/c1-2-9(15-7-1)11-12-6-5-10(14-11)13-8-3-4-8/h1-2,5-8H,3-4H2,(H,12,13,14). The van der Waals surface area contributed by atoms with E-state index in [0.29, 0.717) is 6.04 Å². The summed E-state index contributed by atoms with van der Waals surface area (Å²) in [5, 5.41) is 5.41. The zero-order valence-corrected chi connectivity index (χ0v) is 9.00. The molecule has 0 bridgehead atoms. The van der Waals surface area contributed by atoms with Crippen molar-refractivity contribution in [2.24, 2.45) is 0 Å². The first-order chi connectivity index (χ1) is 7.42. The number of hydrogen-bond acceptors (Lipinski definition) is 4. The first-order valence-electron chi connectivity index (χ1n) is 5.05. The molecule has 0 unspecified atom stereocenters. The first kappa shape index (κ1) is 8.85. The third kappa shape index (κ3) is 1.99. The summed E-state index contributed by atoms with van der Waals surface area (Å²) < 4.78 is 0. The van der Waals surface area contributed by atoms with Crippen LogP contribution in [0.15, 0.2) is 29.8 Å². The molecule has 3 rings (SSSR count). The van der Waals surface area contributed by atoms with Crippen LogP contribution in [0.5, 0.6) is 0 Å². The molecular weight excluding hydrogens is 206 g/mol. The van der Waals surface area contributed by atoms with Crippen LogP contribution >= 0.6 is 11.3 Å². The summed E-state index contributed by atoms with van der Waals surface area (Å²) in [4.78, 5) is 9.87. The van der Waals surface area contributed by atoms with Gasteiger partial charge < -0.3 is 5.32 Å². The van der Waals surface area contributed by atoms with Gasteiger partial charge in [-0.1, -0.05) is 6.07 Å². The van der Waals surface area contributed by atoms with Crippen LogP contribution in [0, 0.1) is 0 Å². The highest BCUT2D eigenvalue weighted by atomic mass is 32.1. The van der Waals surface area contributed by atoms with E-state index >= 15 is 0 Å². The molecule has 1 aliphatic rings. The average molecular weight is 217 g/mol. The largest absolute Gasteiger partial charge is 0.367 e. The summed E-state index contributed by atoms with van der Waals surface area (Å²) in [5.41, 5.74) is 0. The summed E-state index contributed by atoms with van der Waals surface area (Å²) in [6, 6.07) is 6.62. The minimum Gasteiger partial charge on any atom is -0.367 e. The van der Waals surface area contributed by atoms with Gasteiger partial charge in [0.1, 0.15) is 5.82 Å². The molecule has 1 fully saturated rings. The van der Waals surface area contributed by atoms with Gasteiger partial charge in [-0.2, -0.15) is 0 Å². The second-order valence-corrected chi connectivity index (χ2v) is 4.61. The van der Waals surface area contributed by atoms with E-state index in [9.17, 15) is 0 Å². The SMILES string of the molecule is c1csc(-c2nccc(NC3CC3)n2)c1. The zero-order chi connectivity index (χ0) is 10.1. The molecule has 1 aliphatic carbocycles. The molecule has 2 heterocycles. The van der Waals surface area contributed by atoms with Crippen molar-refractivity contribution >= 4 is 17.2 Å². The Balaban J connectivity index is 1.88. The van der Waals surface area contributed by atoms with Crippen LogP contribution in [0.2, 0.25) is 0 Å². The molecule has 0 saturated heterocycles. The molecule has 76 valence electrons. The molecule has 0 atom stereocenters. The molecule has 0 radical (unpaired) electrons. The lowest BCUT2D eigenvalue weighted by Gasteiger charge is -2.03. The monoisotopic (exact) mass is 217 g/mol. The van der Waals surface area contributed by atoms with Crippen LogP contribution in [0.3, 0.4) is 0 Å². The highest BCUT2D eigenvalue weighted by Crippen LogP contribution is 2.25. The molecule has 0 amide bonds. The summed E-state index contributed by atoms with van der Waals surface area (Å²) in [7, 11) is 0. The lowest BCUT2D eigenvalue weighted by Crippen LogP contribution is -2.03. The second kappa shape index (κ2) is 3.62. The molecule has 0 spiro atoms. The predicted molar refractivity (Wildman–Crippen MR) is 62.0 cm³/mol. The van der Waals surface area contributed by atoms with Crippen LogP contribution in [-0.2, 0) is 0 Å². The van der Waals surface area contributed by atoms with E-state index in [1.165, 1.54) is 12.8 Å². The lowest BCUT2D eigenvalue weighted by molar-refractivity contribution is 1.09. The second-order valence-electron chi connectivity index (χ2n) is 3.66. The quantitative estimate of drug-likeness (QED) is 0.859. The van der Waals surface area contributed by atoms with Gasteiger partial charge >= 0.3 is 0 Å². The van der Waals surface area contributed by atoms with Crippen LogP contribution in [-0.4, -0.2) is 16.0 Å². The fourth-order valence-corrected chi connectivity index (χ4v) is 2.07. The molecule has 1 saturated carbocycles. The van der Waals surface area contributed by atoms with Crippen molar-refractivity contribution in [2.45, 2.75) is 18.9 Å². The normalized spacial score (nSPS) is 15.2. The summed E-state index contributed by atoms with van der Waals surface area (Å²) in [6.07, 6.45) is 4.34. The molecule has 2 aromatic heterocycles. The molecule has 3 nitrogen and oxygen atoms in total. The third-order valence-corrected chi connectivity index (χ3v) is 3.19. The molecule has 0 aromatic carbocycles. The van der Waals surface area contributed by atoms with E-state index < -0.39 is 0 Å². The highest BCUT2D eigenvalue weighted by Gasteiger charge is 2.21. The topological polar surface area (TPSA) is 37.8 Å². The van der Waals surface area contributed by atoms with Gasteiger partial charge in [-0.05, 0) is 30.4 Å². The van der Waals surface area contributed by atoms with Crippen LogP contribution in [0.1, 0.15) is 12.8 Å². The van der Waals surface area contributed by atoms with Crippen molar-refractivity contribution in [1.82, 2.24) is 9.97 Å². The fourth-order valence-electron chi connectivity index (χ4n) is 1.40. The fraction of sp³-hybridized carbons (Fsp3) is 0.273. The van der Waals surface area contributed by atoms with Crippen molar-refractivity contribution in [3.63, 3.8) is 0 Å². The minimum absolute atomic E-state index is 0.635. The lowest BCUT2D eigenvalue weighted by atomic mass is 10.4. The number of rotatable bonds is 3. The average Bonchev–Trinajstić information content (AvgIpc) is 2.91. The van der Waals surface area contributed by atoms with Crippen LogP contribution < -0.4 is 5.32 Å². The maximum atomic E-state index is 4.48. The number of thiophene rings is 1. The van der Waals surface area contributed by atoms with Gasteiger partial charge in [0.05, 0.1) is 4.88 Å². The Labute approximate surface area is 92.2 Å². The van der Waals surface area contributed by atoms with Gasteiger partial charge in [-0.25, -0.2) is 9.97 Å². The molecule has 4 heteroatoms. The summed E-state index contributed by atoms with van der Waals surface area (Å²) >= 11 is 1.67. The summed E-state index contributed by atoms with van der Waals surface area (Å²) in [5.74, 6) is 1.76. The molecular formula is C11H11N3S. The Morgan fingerprint density at radius 3 is 3.00 bits per heavy atom. The minimum atomic E-state index is 0.635. The Hall–Kier alpha value is -1.42. The summed E-state index contributed by atoms with van der Waals surface area (Å²) in [6.45, 7) is 0. The van der Waals surface area contributed by atoms with E-state index in [0.717, 1.165) is 16.5 Å². The van der Waals surface area contributed by atoms with Gasteiger partial charge in [0.25, 0.3) is 0 Å². The zero-order valence-electron chi connectivity index (χ0n) is 8.18. The predicted octanol–water partition coefficient (Wildman–Crippen LogP) is 2.78. The van der Waals surface area contributed by atoms with E-state index in [1.807, 2.05) is 29.8 Å². The van der Waals surface area contributed by atoms with Gasteiger partial charge in [-0.15, -0.1) is 11.3 Å². The molecule has 2 aromatic rings. The molecule has 1 N–H and O–H groups in total. The van der Waals surface area contributed by atoms with E-state index in [1.54, 1.807) is 11.3 Å². The number of nitrogens with one attached hydrogen (secondary N) is 1. The Morgan fingerprint density at radius 1 is 1.33 bits per heavy atom. The van der Waals surface area contributed by atoms with Gasteiger partial charge in [0, 0.05) is 12.2 Å². The number of nitrogens with zero attached hydrogens (tertiary/aromatic N) is 2. The molecule has 0 aliphatic heterocycles. The van der Waals surface area contributed by atoms with E-state index in [4.69, 9.17) is 0 Å². The van der Waals surface area contributed by atoms with Crippen molar-refractivity contribution in [3.05, 3.63) is 29.8 Å². The van der Waals surface area contributed by atoms with Crippen molar-refractivity contribution < 1.29 is 0 Å². The van der Waals surface area contributed by atoms with E-state index in [2.05, 4.69) is 15.3 Å². The first-order valence-corrected chi connectivity index (χ1v) is 5.93. The number of aromatic nitrogens is 2. The van der Waals surface area contributed by atoms with Gasteiger partial charge in [0.2, 0.25) is 0 Å². The molecule has 15 heavy (non-hydrogen) atoms. The van der Waals surface area contributed by atoms with Crippen molar-refractivity contribution in [2.75, 3.05) is 5.32 Å². The van der Waals surface area contributed by atoms with E-state index in [-0.39, 0.29) is 0 Å². The Morgan fingerprint density at radius 2 is 2.27 bits per heavy atom. The number of hydrogen-bond donors (Lipinski definition) is 1. The smallest absolute Gasteiger partial charge is 0.171 e. The van der Waals surface area contributed by atoms with Crippen LogP contribution in [0.4, 0.5) is 5.82 Å². The third-order valence-electron chi connectivity index (χ3n) is 2.33. The Bertz CT molecular complexity index is 449. The maximum absolute atomic E-state index is 4.48. The number of anilines is 1. The Kier molecular flexibility index (Phi) is 2.14. The van der Waals surface area contributed by atoms with Crippen molar-refractivity contribution in [1.29, 1.82) is 0 Å². The van der Waals surface area contributed by atoms with Gasteiger partial charge in [0.15, 0.2) is 5.82 Å². The highest BCUT2D eigenvalue weighted by molar-refractivity contribution is 7.13. The van der Waals surface area contributed by atoms with Gasteiger partial charge in [-0.3, -0.25) is 0 Å². The van der Waals surface area contributed by atoms with Crippen molar-refractivity contribution in [3.8, 4) is 10.7 Å². The van der Waals surface area contributed by atoms with Crippen LogP contribution in [0.25, 0.3) is 10.7 Å².